The molecule has 2 amide bonds. The number of carbonyl (C=O) groups excluding carboxylic acids is 1. The topological polar surface area (TPSA) is 44.4 Å². The molecule has 126 valence electrons. The molecule has 0 spiro atoms. The van der Waals surface area contributed by atoms with Gasteiger partial charge in [-0.05, 0) is 43.5 Å². The number of carbonyl (C=O) groups is 1. The summed E-state index contributed by atoms with van der Waals surface area (Å²) in [6.07, 6.45) is 5.94. The normalized spacial score (nSPS) is 25.0. The van der Waals surface area contributed by atoms with Gasteiger partial charge in [-0.15, -0.1) is 0 Å². The molecule has 3 rings (SSSR count). The van der Waals surface area contributed by atoms with Gasteiger partial charge in [0.05, 0.1) is 0 Å². The quantitative estimate of drug-likeness (QED) is 0.861. The van der Waals surface area contributed by atoms with Gasteiger partial charge in [0.25, 0.3) is 0 Å². The summed E-state index contributed by atoms with van der Waals surface area (Å²) in [5.41, 5.74) is 2.01. The van der Waals surface area contributed by atoms with Crippen LogP contribution in [0.2, 0.25) is 0 Å². The minimum Gasteiger partial charge on any atom is -0.381 e. The van der Waals surface area contributed by atoms with Crippen LogP contribution in [0.15, 0.2) is 24.3 Å². The van der Waals surface area contributed by atoms with E-state index in [1.54, 1.807) is 0 Å². The average Bonchev–Trinajstić information content (AvgIpc) is 2.79. The largest absolute Gasteiger partial charge is 0.381 e. The number of urea groups is 1. The smallest absolute Gasteiger partial charge is 0.321 e. The van der Waals surface area contributed by atoms with Gasteiger partial charge in [-0.25, -0.2) is 4.79 Å². The van der Waals surface area contributed by atoms with Crippen molar-refractivity contribution >= 4 is 29.2 Å². The van der Waals surface area contributed by atoms with E-state index in [0.717, 1.165) is 42.6 Å². The molecular formula is C18H27N3OS. The van der Waals surface area contributed by atoms with E-state index < -0.39 is 0 Å². The van der Waals surface area contributed by atoms with Crippen molar-refractivity contribution in [3.8, 4) is 0 Å². The van der Waals surface area contributed by atoms with Crippen LogP contribution in [0.5, 0.6) is 0 Å². The molecule has 0 aliphatic carbocycles. The molecule has 23 heavy (non-hydrogen) atoms. The van der Waals surface area contributed by atoms with Gasteiger partial charge < -0.3 is 15.5 Å². The second-order valence-electron chi connectivity index (χ2n) is 6.63. The summed E-state index contributed by atoms with van der Waals surface area (Å²) in [5, 5.41) is 7.35. The van der Waals surface area contributed by atoms with Crippen LogP contribution in [-0.2, 0) is 0 Å². The number of nitrogens with zero attached hydrogens (tertiary/aromatic N) is 1. The van der Waals surface area contributed by atoms with Crippen molar-refractivity contribution in [3.05, 3.63) is 24.3 Å². The highest BCUT2D eigenvalue weighted by Crippen LogP contribution is 2.28. The van der Waals surface area contributed by atoms with E-state index in [0.29, 0.717) is 6.04 Å². The lowest BCUT2D eigenvalue weighted by Crippen LogP contribution is -2.35. The van der Waals surface area contributed by atoms with Crippen molar-refractivity contribution in [2.24, 2.45) is 0 Å². The lowest BCUT2D eigenvalue weighted by atomic mass is 10.2. The summed E-state index contributed by atoms with van der Waals surface area (Å²) in [6, 6.07) is 8.70. The van der Waals surface area contributed by atoms with E-state index in [-0.39, 0.29) is 6.03 Å². The second-order valence-corrected chi connectivity index (χ2v) is 8.10. The first-order valence-corrected chi connectivity index (χ1v) is 9.80. The Balaban J connectivity index is 1.51. The Labute approximate surface area is 143 Å². The Bertz CT molecular complexity index is 512. The Morgan fingerprint density at radius 2 is 1.74 bits per heavy atom. The number of likely N-dealkylation sites (tertiary alicyclic amines) is 1. The van der Waals surface area contributed by atoms with E-state index in [1.807, 2.05) is 28.8 Å². The Hall–Kier alpha value is -1.36. The number of thioether (sulfide) groups is 1. The zero-order valence-corrected chi connectivity index (χ0v) is 14.7. The van der Waals surface area contributed by atoms with Crippen molar-refractivity contribution in [2.45, 2.75) is 50.3 Å². The Morgan fingerprint density at radius 1 is 1.09 bits per heavy atom. The zero-order chi connectivity index (χ0) is 16.1. The first-order valence-electron chi connectivity index (χ1n) is 8.75. The molecule has 5 heteroatoms. The lowest BCUT2D eigenvalue weighted by molar-refractivity contribution is 0.214. The fourth-order valence-electron chi connectivity index (χ4n) is 3.28. The second kappa shape index (κ2) is 7.95. The highest BCUT2D eigenvalue weighted by Gasteiger charge is 2.21. The van der Waals surface area contributed by atoms with Gasteiger partial charge in [0.1, 0.15) is 0 Å². The molecular weight excluding hydrogens is 306 g/mol. The molecule has 2 aliphatic heterocycles. The number of hydrogen-bond donors (Lipinski definition) is 2. The number of nitrogens with one attached hydrogen (secondary N) is 2. The fourth-order valence-corrected chi connectivity index (χ4v) is 4.43. The molecule has 0 unspecified atom stereocenters. The third kappa shape index (κ3) is 4.80. The van der Waals surface area contributed by atoms with Crippen molar-refractivity contribution in [1.29, 1.82) is 0 Å². The van der Waals surface area contributed by atoms with Crippen LogP contribution >= 0.6 is 11.8 Å². The molecule has 2 atom stereocenters. The number of anilines is 2. The maximum absolute atomic E-state index is 12.3. The van der Waals surface area contributed by atoms with Crippen molar-refractivity contribution in [2.75, 3.05) is 29.5 Å². The van der Waals surface area contributed by atoms with Gasteiger partial charge in [-0.2, -0.15) is 11.8 Å². The predicted molar refractivity (Wildman–Crippen MR) is 99.4 cm³/mol. The number of amides is 2. The van der Waals surface area contributed by atoms with Crippen LogP contribution < -0.4 is 10.6 Å². The molecule has 2 fully saturated rings. The third-order valence-corrected chi connectivity index (χ3v) is 5.95. The van der Waals surface area contributed by atoms with Crippen LogP contribution in [0.1, 0.15) is 39.0 Å². The fraction of sp³-hybridized carbons (Fsp3) is 0.611. The van der Waals surface area contributed by atoms with Gasteiger partial charge in [0, 0.05) is 41.5 Å². The van der Waals surface area contributed by atoms with Crippen molar-refractivity contribution < 1.29 is 4.79 Å². The van der Waals surface area contributed by atoms with Gasteiger partial charge in [-0.3, -0.25) is 0 Å². The lowest BCUT2D eigenvalue weighted by Gasteiger charge is -2.21. The summed E-state index contributed by atoms with van der Waals surface area (Å²) < 4.78 is 0. The monoisotopic (exact) mass is 333 g/mol. The van der Waals surface area contributed by atoms with Gasteiger partial charge in [0.2, 0.25) is 0 Å². The molecule has 0 saturated carbocycles. The summed E-state index contributed by atoms with van der Waals surface area (Å²) in [7, 11) is 0. The molecule has 0 radical (unpaired) electrons. The molecule has 1 aromatic carbocycles. The predicted octanol–water partition coefficient (Wildman–Crippen LogP) is 4.40. The summed E-state index contributed by atoms with van der Waals surface area (Å²) in [4.78, 5) is 14.3. The van der Waals surface area contributed by atoms with E-state index in [4.69, 9.17) is 0 Å². The first kappa shape index (κ1) is 16.5. The molecule has 2 saturated heterocycles. The van der Waals surface area contributed by atoms with Crippen LogP contribution in [-0.4, -0.2) is 41.1 Å². The van der Waals surface area contributed by atoms with Gasteiger partial charge in [-0.1, -0.05) is 19.8 Å². The summed E-state index contributed by atoms with van der Waals surface area (Å²) in [6.45, 7) is 4.04. The van der Waals surface area contributed by atoms with E-state index in [2.05, 4.69) is 29.7 Å². The highest BCUT2D eigenvalue weighted by molar-refractivity contribution is 8.00. The van der Waals surface area contributed by atoms with E-state index in [1.165, 1.54) is 25.0 Å². The average molecular weight is 334 g/mol. The minimum atomic E-state index is 0.0358. The van der Waals surface area contributed by atoms with Crippen LogP contribution in [0, 0.1) is 0 Å². The molecule has 4 nitrogen and oxygen atoms in total. The minimum absolute atomic E-state index is 0.0358. The van der Waals surface area contributed by atoms with Gasteiger partial charge in [0.15, 0.2) is 0 Å². The molecule has 0 bridgehead atoms. The molecule has 1 aromatic rings. The molecule has 2 N–H and O–H groups in total. The number of rotatable bonds is 3. The molecule has 2 aliphatic rings. The SMILES string of the molecule is C[C@@H]1C[C@H](Nc2ccc(NC(=O)N3CCCCCC3)cc2)CS1. The summed E-state index contributed by atoms with van der Waals surface area (Å²) in [5.74, 6) is 1.18. The number of benzene rings is 1. The van der Waals surface area contributed by atoms with Crippen LogP contribution in [0.4, 0.5) is 16.2 Å². The molecule has 0 aromatic heterocycles. The third-order valence-electron chi connectivity index (χ3n) is 4.60. The van der Waals surface area contributed by atoms with E-state index in [9.17, 15) is 4.79 Å². The first-order chi connectivity index (χ1) is 11.2. The molecule has 2 heterocycles. The van der Waals surface area contributed by atoms with E-state index >= 15 is 0 Å². The van der Waals surface area contributed by atoms with Crippen LogP contribution in [0.25, 0.3) is 0 Å². The van der Waals surface area contributed by atoms with Crippen LogP contribution in [0.3, 0.4) is 0 Å². The van der Waals surface area contributed by atoms with Gasteiger partial charge >= 0.3 is 6.03 Å². The Morgan fingerprint density at radius 3 is 2.35 bits per heavy atom. The van der Waals surface area contributed by atoms with Crippen molar-refractivity contribution in [1.82, 2.24) is 4.90 Å². The summed E-state index contributed by atoms with van der Waals surface area (Å²) >= 11 is 2.03. The maximum Gasteiger partial charge on any atom is 0.321 e. The standard InChI is InChI=1S/C18H27N3OS/c1-14-12-17(13-23-14)19-15-6-8-16(9-7-15)20-18(22)21-10-4-2-3-5-11-21/h6-9,14,17,19H,2-5,10-13H2,1H3,(H,20,22)/t14-,17+/m1/s1. The number of hydrogen-bond acceptors (Lipinski definition) is 3. The van der Waals surface area contributed by atoms with Crippen molar-refractivity contribution in [3.63, 3.8) is 0 Å². The highest BCUT2D eigenvalue weighted by atomic mass is 32.2. The zero-order valence-electron chi connectivity index (χ0n) is 13.9. The maximum atomic E-state index is 12.3. The Kier molecular flexibility index (Phi) is 5.70.